The fourth-order valence-electron chi connectivity index (χ4n) is 2.02. The van der Waals surface area contributed by atoms with Crippen molar-refractivity contribution >= 4 is 35.2 Å². The lowest BCUT2D eigenvalue weighted by molar-refractivity contribution is -0.163. The summed E-state index contributed by atoms with van der Waals surface area (Å²) in [6.45, 7) is 1.63. The third-order valence-electron chi connectivity index (χ3n) is 2.90. The van der Waals surface area contributed by atoms with Gasteiger partial charge in [-0.1, -0.05) is 35.3 Å². The highest BCUT2D eigenvalue weighted by Gasteiger charge is 2.34. The average Bonchev–Trinajstić information content (AvgIpc) is 2.25. The molecule has 0 radical (unpaired) electrons. The molecular formula is C14H14Cl2O3. The normalized spacial score (nSPS) is 27.6. The van der Waals surface area contributed by atoms with E-state index < -0.39 is 17.7 Å². The van der Waals surface area contributed by atoms with Gasteiger partial charge >= 0.3 is 5.97 Å². The van der Waals surface area contributed by atoms with Gasteiger partial charge in [-0.3, -0.25) is 4.79 Å². The molecule has 1 N–H and O–H groups in total. The zero-order chi connectivity index (χ0) is 14.0. The van der Waals surface area contributed by atoms with Gasteiger partial charge in [0.05, 0.1) is 12.0 Å². The van der Waals surface area contributed by atoms with Gasteiger partial charge in [-0.2, -0.15) is 0 Å². The van der Waals surface area contributed by atoms with Crippen LogP contribution in [0.4, 0.5) is 0 Å². The molecule has 19 heavy (non-hydrogen) atoms. The number of hydrogen-bond acceptors (Lipinski definition) is 3. The summed E-state index contributed by atoms with van der Waals surface area (Å²) >= 11 is 11.9. The third kappa shape index (κ3) is 3.96. The first kappa shape index (κ1) is 14.4. The maximum atomic E-state index is 11.4. The molecule has 0 spiro atoms. The summed E-state index contributed by atoms with van der Waals surface area (Å²) in [5.74, 6) is -0.395. The van der Waals surface area contributed by atoms with Crippen molar-refractivity contribution in [3.8, 4) is 0 Å². The molecule has 0 aromatic heterocycles. The SMILES string of the molecule is C[C@@]1(O)CC(=O)O[C@H](/C=C/c2ccc(Cl)cc2Cl)C1. The second-order valence-electron chi connectivity index (χ2n) is 4.93. The van der Waals surface area contributed by atoms with Gasteiger partial charge in [-0.15, -0.1) is 0 Å². The molecule has 2 atom stereocenters. The number of benzene rings is 1. The second kappa shape index (κ2) is 5.53. The largest absolute Gasteiger partial charge is 0.458 e. The van der Waals surface area contributed by atoms with Gasteiger partial charge in [0.1, 0.15) is 6.10 Å². The van der Waals surface area contributed by atoms with Crippen LogP contribution >= 0.6 is 23.2 Å². The molecule has 102 valence electrons. The molecule has 0 amide bonds. The summed E-state index contributed by atoms with van der Waals surface area (Å²) in [7, 11) is 0. The lowest BCUT2D eigenvalue weighted by Crippen LogP contribution is -2.40. The first-order chi connectivity index (χ1) is 8.85. The summed E-state index contributed by atoms with van der Waals surface area (Å²) in [4.78, 5) is 11.4. The Labute approximate surface area is 121 Å². The van der Waals surface area contributed by atoms with Gasteiger partial charge in [0.25, 0.3) is 0 Å². The van der Waals surface area contributed by atoms with Gasteiger partial charge in [0.2, 0.25) is 0 Å². The summed E-state index contributed by atoms with van der Waals surface area (Å²) < 4.78 is 5.15. The number of carbonyl (C=O) groups is 1. The van der Waals surface area contributed by atoms with Crippen molar-refractivity contribution in [1.29, 1.82) is 0 Å². The van der Waals surface area contributed by atoms with Crippen LogP contribution < -0.4 is 0 Å². The Bertz CT molecular complexity index is 523. The minimum Gasteiger partial charge on any atom is -0.458 e. The van der Waals surface area contributed by atoms with Crippen LogP contribution in [-0.4, -0.2) is 22.8 Å². The summed E-state index contributed by atoms with van der Waals surface area (Å²) in [6, 6.07) is 5.16. The zero-order valence-corrected chi connectivity index (χ0v) is 11.9. The van der Waals surface area contributed by atoms with Crippen LogP contribution in [0.1, 0.15) is 25.3 Å². The van der Waals surface area contributed by atoms with E-state index in [0.29, 0.717) is 16.5 Å². The summed E-state index contributed by atoms with van der Waals surface area (Å²) in [6.07, 6.45) is 3.45. The summed E-state index contributed by atoms with van der Waals surface area (Å²) in [5.41, 5.74) is -0.235. The monoisotopic (exact) mass is 300 g/mol. The van der Waals surface area contributed by atoms with Gasteiger partial charge in [-0.25, -0.2) is 0 Å². The molecule has 2 rings (SSSR count). The number of hydrogen-bond donors (Lipinski definition) is 1. The van der Waals surface area contributed by atoms with Gasteiger partial charge < -0.3 is 9.84 Å². The molecule has 3 nitrogen and oxygen atoms in total. The number of rotatable bonds is 2. The third-order valence-corrected chi connectivity index (χ3v) is 3.46. The maximum Gasteiger partial charge on any atom is 0.309 e. The fraction of sp³-hybridized carbons (Fsp3) is 0.357. The first-order valence-electron chi connectivity index (χ1n) is 5.91. The quantitative estimate of drug-likeness (QED) is 0.851. The van der Waals surface area contributed by atoms with E-state index in [2.05, 4.69) is 0 Å². The molecule has 1 fully saturated rings. The number of esters is 1. The predicted molar refractivity (Wildman–Crippen MR) is 75.2 cm³/mol. The minimum absolute atomic E-state index is 0.0268. The van der Waals surface area contributed by atoms with Gasteiger partial charge in [0, 0.05) is 16.5 Å². The Hall–Kier alpha value is -1.03. The molecule has 1 aromatic rings. The molecule has 1 aliphatic rings. The molecule has 1 heterocycles. The summed E-state index contributed by atoms with van der Waals surface area (Å²) in [5, 5.41) is 11.0. The standard InChI is InChI=1S/C14H14Cl2O3/c1-14(18)7-11(19-13(17)8-14)5-3-9-2-4-10(15)6-12(9)16/h2-6,11,18H,7-8H2,1H3/b5-3+/t11-,14+/m1/s1. The maximum absolute atomic E-state index is 11.4. The molecular weight excluding hydrogens is 287 g/mol. The lowest BCUT2D eigenvalue weighted by Gasteiger charge is -2.31. The zero-order valence-electron chi connectivity index (χ0n) is 10.4. The molecule has 5 heteroatoms. The topological polar surface area (TPSA) is 46.5 Å². The van der Waals surface area contributed by atoms with Crippen LogP contribution in [0, 0.1) is 0 Å². The van der Waals surface area contributed by atoms with Gasteiger partial charge in [-0.05, 0) is 30.7 Å². The van der Waals surface area contributed by atoms with E-state index in [1.807, 2.05) is 0 Å². The van der Waals surface area contributed by atoms with Crippen LogP contribution in [0.5, 0.6) is 0 Å². The van der Waals surface area contributed by atoms with E-state index in [0.717, 1.165) is 5.56 Å². The molecule has 0 saturated carbocycles. The van der Waals surface area contributed by atoms with Gasteiger partial charge in [0.15, 0.2) is 0 Å². The van der Waals surface area contributed by atoms with Crippen molar-refractivity contribution in [3.63, 3.8) is 0 Å². The van der Waals surface area contributed by atoms with E-state index in [-0.39, 0.29) is 6.42 Å². The molecule has 0 aliphatic carbocycles. The number of cyclic esters (lactones) is 1. The fourth-order valence-corrected chi connectivity index (χ4v) is 2.50. The van der Waals surface area contributed by atoms with E-state index in [9.17, 15) is 9.90 Å². The Balaban J connectivity index is 2.12. The van der Waals surface area contributed by atoms with Crippen LogP contribution in [-0.2, 0) is 9.53 Å². The minimum atomic E-state index is -1.02. The van der Waals surface area contributed by atoms with E-state index in [1.54, 1.807) is 37.3 Å². The number of halogens is 2. The second-order valence-corrected chi connectivity index (χ2v) is 5.77. The van der Waals surface area contributed by atoms with Crippen molar-refractivity contribution in [3.05, 3.63) is 39.9 Å². The van der Waals surface area contributed by atoms with Crippen molar-refractivity contribution in [2.75, 3.05) is 0 Å². The smallest absolute Gasteiger partial charge is 0.309 e. The van der Waals surface area contributed by atoms with E-state index in [4.69, 9.17) is 27.9 Å². The number of carbonyl (C=O) groups excluding carboxylic acids is 1. The van der Waals surface area contributed by atoms with Crippen molar-refractivity contribution in [2.24, 2.45) is 0 Å². The Morgan fingerprint density at radius 1 is 1.47 bits per heavy atom. The first-order valence-corrected chi connectivity index (χ1v) is 6.66. The van der Waals surface area contributed by atoms with Crippen LogP contribution in [0.3, 0.4) is 0 Å². The Morgan fingerprint density at radius 2 is 2.21 bits per heavy atom. The average molecular weight is 301 g/mol. The molecule has 0 bridgehead atoms. The highest BCUT2D eigenvalue weighted by molar-refractivity contribution is 6.35. The Morgan fingerprint density at radius 3 is 2.84 bits per heavy atom. The molecule has 1 saturated heterocycles. The number of ether oxygens (including phenoxy) is 1. The molecule has 1 aliphatic heterocycles. The van der Waals surface area contributed by atoms with E-state index >= 15 is 0 Å². The van der Waals surface area contributed by atoms with Crippen LogP contribution in [0.25, 0.3) is 6.08 Å². The molecule has 0 unspecified atom stereocenters. The van der Waals surface area contributed by atoms with Crippen molar-refractivity contribution in [1.82, 2.24) is 0 Å². The number of aliphatic hydroxyl groups is 1. The van der Waals surface area contributed by atoms with Crippen LogP contribution in [0.15, 0.2) is 24.3 Å². The molecule has 1 aromatic carbocycles. The lowest BCUT2D eigenvalue weighted by atomic mass is 9.92. The van der Waals surface area contributed by atoms with Crippen LogP contribution in [0.2, 0.25) is 10.0 Å². The van der Waals surface area contributed by atoms with Crippen molar-refractivity contribution < 1.29 is 14.6 Å². The highest BCUT2D eigenvalue weighted by atomic mass is 35.5. The Kier molecular flexibility index (Phi) is 4.19. The highest BCUT2D eigenvalue weighted by Crippen LogP contribution is 2.27. The van der Waals surface area contributed by atoms with E-state index in [1.165, 1.54) is 0 Å². The van der Waals surface area contributed by atoms with Crippen molar-refractivity contribution in [2.45, 2.75) is 31.5 Å². The predicted octanol–water partition coefficient (Wildman–Crippen LogP) is 3.46.